The van der Waals surface area contributed by atoms with E-state index in [4.69, 9.17) is 33.0 Å². The highest BCUT2D eigenvalue weighted by atomic mass is 35.5. The summed E-state index contributed by atoms with van der Waals surface area (Å²) in [5, 5.41) is 18.3. The minimum absolute atomic E-state index is 0.163. The SMILES string of the molecule is CCC1CCC(c2ccc(-c3ccc(O)c(F)c3F)cc2)CC1.CCCC1CCC(c2ccc(C(=O)O)cc2)CC1.CCCC1CCC(c2ccc(C(=O)Oc3ccc(-c4ccc(C5CCC(CC)CC5)cc4)c(F)c3F)cc2)CC1.ClCCl. The maximum Gasteiger partial charge on any atom is 0.343 e. The lowest BCUT2D eigenvalue weighted by atomic mass is 9.77. The number of esters is 1. The van der Waals surface area contributed by atoms with Gasteiger partial charge in [0.2, 0.25) is 11.6 Å². The number of halogens is 6. The third-order valence-corrected chi connectivity index (χ3v) is 18.9. The Balaban J connectivity index is 0.000000194. The second-order valence-corrected chi connectivity index (χ2v) is 24.9. The van der Waals surface area contributed by atoms with Crippen LogP contribution in [-0.4, -0.2) is 27.5 Å². The molecule has 10 rings (SSSR count). The molecule has 0 bridgehead atoms. The van der Waals surface area contributed by atoms with E-state index in [0.29, 0.717) is 45.9 Å². The van der Waals surface area contributed by atoms with E-state index in [1.807, 2.05) is 72.8 Å². The van der Waals surface area contributed by atoms with Gasteiger partial charge >= 0.3 is 11.9 Å². The Kier molecular flexibility index (Phi) is 26.1. The number of carboxylic acid groups (broad SMARTS) is 1. The van der Waals surface area contributed by atoms with E-state index in [1.54, 1.807) is 24.3 Å². The van der Waals surface area contributed by atoms with Crippen LogP contribution in [0.2, 0.25) is 0 Å². The highest BCUT2D eigenvalue weighted by molar-refractivity contribution is 6.40. The molecule has 0 unspecified atom stereocenters. The Bertz CT molecular complexity index is 2950. The summed E-state index contributed by atoms with van der Waals surface area (Å²) in [6.45, 7) is 9.02. The summed E-state index contributed by atoms with van der Waals surface area (Å²) in [5.74, 6) is -1.19. The van der Waals surface area contributed by atoms with Gasteiger partial charge in [-0.2, -0.15) is 8.78 Å². The first kappa shape index (κ1) is 65.9. The number of carboxylic acids is 1. The Hall–Kier alpha value is -5.64. The normalized spacial score (nSPS) is 22.2. The average molecular weight is 1190 g/mol. The first-order chi connectivity index (χ1) is 40.7. The molecule has 84 heavy (non-hydrogen) atoms. The molecule has 4 aliphatic carbocycles. The molecule has 6 aromatic carbocycles. The lowest BCUT2D eigenvalue weighted by Gasteiger charge is -2.28. The number of carbonyl (C=O) groups is 2. The highest BCUT2D eigenvalue weighted by Gasteiger charge is 2.27. The van der Waals surface area contributed by atoms with Crippen molar-refractivity contribution in [1.82, 2.24) is 0 Å². The molecular weight excluding hydrogens is 1100 g/mol. The molecule has 0 radical (unpaired) electrons. The number of alkyl halides is 2. The Labute approximate surface area is 508 Å². The van der Waals surface area contributed by atoms with Gasteiger partial charge < -0.3 is 14.9 Å². The maximum absolute atomic E-state index is 15.1. The number of phenols is 1. The molecule has 0 amide bonds. The quantitative estimate of drug-likeness (QED) is 0.0463. The molecule has 0 atom stereocenters. The van der Waals surface area contributed by atoms with Gasteiger partial charge in [-0.15, -0.1) is 23.2 Å². The van der Waals surface area contributed by atoms with Crippen LogP contribution in [-0.2, 0) is 0 Å². The summed E-state index contributed by atoms with van der Waals surface area (Å²) in [6.07, 6.45) is 27.6. The number of rotatable bonds is 15. The third-order valence-electron chi connectivity index (χ3n) is 18.9. The highest BCUT2D eigenvalue weighted by Crippen LogP contribution is 2.42. The van der Waals surface area contributed by atoms with Crippen LogP contribution in [0.3, 0.4) is 0 Å². The molecule has 2 N–H and O–H groups in total. The van der Waals surface area contributed by atoms with Crippen molar-refractivity contribution in [3.63, 3.8) is 0 Å². The molecule has 5 nitrogen and oxygen atoms in total. The van der Waals surface area contributed by atoms with Crippen molar-refractivity contribution in [3.8, 4) is 33.8 Å². The van der Waals surface area contributed by atoms with Gasteiger partial charge in [0.25, 0.3) is 0 Å². The van der Waals surface area contributed by atoms with E-state index < -0.39 is 46.7 Å². The molecule has 0 heterocycles. The van der Waals surface area contributed by atoms with Crippen LogP contribution in [0.1, 0.15) is 236 Å². The second-order valence-electron chi connectivity index (χ2n) is 24.0. The zero-order valence-corrected chi connectivity index (χ0v) is 51.3. The lowest BCUT2D eigenvalue weighted by molar-refractivity contribution is 0.0693. The number of hydrogen-bond acceptors (Lipinski definition) is 4. The molecule has 4 saturated carbocycles. The topological polar surface area (TPSA) is 83.8 Å². The van der Waals surface area contributed by atoms with Crippen LogP contribution >= 0.6 is 23.2 Å². The van der Waals surface area contributed by atoms with Crippen molar-refractivity contribution in [1.29, 1.82) is 0 Å². The lowest BCUT2D eigenvalue weighted by Crippen LogP contribution is -2.14. The van der Waals surface area contributed by atoms with Crippen molar-refractivity contribution in [3.05, 3.63) is 178 Å². The van der Waals surface area contributed by atoms with Gasteiger partial charge in [0.1, 0.15) is 0 Å². The number of carbonyl (C=O) groups excluding carboxylic acids is 1. The second kappa shape index (κ2) is 33.3. The third kappa shape index (κ3) is 18.2. The zero-order chi connectivity index (χ0) is 60.1. The number of aromatic hydroxyl groups is 1. The van der Waals surface area contributed by atoms with E-state index in [2.05, 4.69) is 27.7 Å². The summed E-state index contributed by atoms with van der Waals surface area (Å²) in [4.78, 5) is 23.6. The van der Waals surface area contributed by atoms with Crippen molar-refractivity contribution < 1.29 is 42.1 Å². The van der Waals surface area contributed by atoms with Crippen LogP contribution in [0.4, 0.5) is 17.6 Å². The van der Waals surface area contributed by atoms with Crippen LogP contribution in [0.25, 0.3) is 22.3 Å². The van der Waals surface area contributed by atoms with E-state index in [9.17, 15) is 23.5 Å². The van der Waals surface area contributed by atoms with Gasteiger partial charge in [-0.25, -0.2) is 18.4 Å². The van der Waals surface area contributed by atoms with Crippen molar-refractivity contribution in [2.45, 2.75) is 193 Å². The molecule has 4 fully saturated rings. The van der Waals surface area contributed by atoms with E-state index in [0.717, 1.165) is 23.7 Å². The van der Waals surface area contributed by atoms with Gasteiger partial charge in [-0.1, -0.05) is 139 Å². The summed E-state index contributed by atoms with van der Waals surface area (Å²) in [7, 11) is 0. The molecule has 0 saturated heterocycles. The molecule has 4 aliphatic rings. The predicted molar refractivity (Wildman–Crippen MR) is 336 cm³/mol. The van der Waals surface area contributed by atoms with Crippen LogP contribution in [0.5, 0.6) is 11.5 Å². The summed E-state index contributed by atoms with van der Waals surface area (Å²) < 4.78 is 62.8. The number of aromatic carboxylic acids is 1. The van der Waals surface area contributed by atoms with Gasteiger partial charge in [0, 0.05) is 11.1 Å². The molecule has 0 aliphatic heterocycles. The Morgan fingerprint density at radius 2 is 0.750 bits per heavy atom. The molecular formula is C73H88Cl2F4O5. The average Bonchev–Trinajstić information content (AvgIpc) is 3.60. The molecule has 11 heteroatoms. The summed E-state index contributed by atoms with van der Waals surface area (Å²) in [5.41, 5.74) is 7.39. The molecule has 452 valence electrons. The Morgan fingerprint density at radius 3 is 1.10 bits per heavy atom. The van der Waals surface area contributed by atoms with Gasteiger partial charge in [-0.3, -0.25) is 0 Å². The van der Waals surface area contributed by atoms with Gasteiger partial charge in [-0.05, 0) is 232 Å². The van der Waals surface area contributed by atoms with Crippen molar-refractivity contribution >= 4 is 35.1 Å². The smallest absolute Gasteiger partial charge is 0.343 e. The van der Waals surface area contributed by atoms with Gasteiger partial charge in [0.05, 0.1) is 16.5 Å². The zero-order valence-electron chi connectivity index (χ0n) is 49.8. The summed E-state index contributed by atoms with van der Waals surface area (Å²) >= 11 is 9.53. The fraction of sp³-hybridized carbons (Fsp3) is 0.479. The minimum atomic E-state index is -1.19. The number of ether oxygens (including phenoxy) is 1. The molecule has 6 aromatic rings. The number of hydrogen-bond donors (Lipinski definition) is 2. The maximum atomic E-state index is 15.1. The van der Waals surface area contributed by atoms with Crippen LogP contribution in [0.15, 0.2) is 121 Å². The van der Waals surface area contributed by atoms with Crippen molar-refractivity contribution in [2.75, 3.05) is 5.34 Å². The van der Waals surface area contributed by atoms with E-state index >= 15 is 8.78 Å². The minimum Gasteiger partial charge on any atom is -0.505 e. The van der Waals surface area contributed by atoms with E-state index in [-0.39, 0.29) is 16.5 Å². The first-order valence-electron chi connectivity index (χ1n) is 31.3. The largest absolute Gasteiger partial charge is 0.505 e. The van der Waals surface area contributed by atoms with Crippen LogP contribution < -0.4 is 4.74 Å². The Morgan fingerprint density at radius 1 is 0.429 bits per heavy atom. The predicted octanol–water partition coefficient (Wildman–Crippen LogP) is 22.5. The fourth-order valence-electron chi connectivity index (χ4n) is 13.6. The van der Waals surface area contributed by atoms with Gasteiger partial charge in [0.15, 0.2) is 23.1 Å². The monoisotopic (exact) mass is 1190 g/mol. The van der Waals surface area contributed by atoms with Crippen molar-refractivity contribution in [2.24, 2.45) is 23.7 Å². The number of benzene rings is 6. The standard InChI is InChI=1S/C36H42F2O2.C20H22F2O.C16H22O2.CH2Cl2/c1-3-5-25-8-12-27(13-9-25)29-16-20-31(21-17-29)36(39)40-33-23-22-32(34(37)35(33)38)30-18-14-28(15-19-30)26-10-6-24(4-2)7-11-26;1-2-13-3-5-14(6-4-13)15-7-9-16(10-8-15)17-11-12-18(23)20(22)19(17)21;1-2-3-12-4-6-13(7-5-12)14-8-10-15(11-9-14)16(17)18;2-1-3/h14-27H,3-13H2,1-2H3;7-14,23H,2-6H2,1H3;8-13H,2-7H2,1H3,(H,17,18);1H2. The van der Waals surface area contributed by atoms with Crippen LogP contribution in [0, 0.1) is 46.9 Å². The molecule has 0 aromatic heterocycles. The van der Waals surface area contributed by atoms with E-state index in [1.165, 1.54) is 188 Å². The number of phenolic OH excluding ortho intramolecular Hbond substituents is 1. The first-order valence-corrected chi connectivity index (χ1v) is 32.4. The fourth-order valence-corrected chi connectivity index (χ4v) is 13.6. The molecule has 0 spiro atoms. The summed E-state index contributed by atoms with van der Waals surface area (Å²) in [6, 6.07) is 35.8.